The van der Waals surface area contributed by atoms with E-state index in [0.717, 1.165) is 30.4 Å². The Morgan fingerprint density at radius 1 is 1.31 bits per heavy atom. The van der Waals surface area contributed by atoms with Gasteiger partial charge in [-0.1, -0.05) is 12.1 Å². The maximum Gasteiger partial charge on any atom is 0.149 e. The molecule has 4 aliphatic rings. The van der Waals surface area contributed by atoms with Crippen LogP contribution in [0.3, 0.4) is 0 Å². The number of aliphatic imine (C=N–C) groups is 1. The predicted octanol–water partition coefficient (Wildman–Crippen LogP) is 2.71. The molecule has 3 heteroatoms. The van der Waals surface area contributed by atoms with Crippen molar-refractivity contribution < 1.29 is 4.39 Å². The Balaban J connectivity index is 1.85. The Morgan fingerprint density at radius 3 is 3.06 bits per heavy atom. The lowest BCUT2D eigenvalue weighted by Gasteiger charge is -2.50. The highest BCUT2D eigenvalue weighted by Gasteiger charge is 2.43. The summed E-state index contributed by atoms with van der Waals surface area (Å²) in [6.07, 6.45) is 2.53. The summed E-state index contributed by atoms with van der Waals surface area (Å²) in [5, 5.41) is 0. The number of hydrogen-bond acceptors (Lipinski definition) is 2. The summed E-state index contributed by atoms with van der Waals surface area (Å²) in [4.78, 5) is 6.89. The SMILES string of the molecule is Fc1cccc2c1N=C1C3CC(C3)CN1C2. The van der Waals surface area contributed by atoms with Gasteiger partial charge in [-0.25, -0.2) is 9.38 Å². The third kappa shape index (κ3) is 1.03. The number of nitrogens with zero attached hydrogens (tertiary/aromatic N) is 2. The number of fused-ring (bicyclic) bond motifs is 1. The molecule has 3 heterocycles. The highest BCUT2D eigenvalue weighted by Crippen LogP contribution is 2.44. The van der Waals surface area contributed by atoms with Gasteiger partial charge in [-0.2, -0.15) is 0 Å². The summed E-state index contributed by atoms with van der Waals surface area (Å²) < 4.78 is 13.6. The van der Waals surface area contributed by atoms with Gasteiger partial charge in [0.15, 0.2) is 0 Å². The average molecular weight is 216 g/mol. The van der Waals surface area contributed by atoms with E-state index in [4.69, 9.17) is 0 Å². The summed E-state index contributed by atoms with van der Waals surface area (Å²) in [6, 6.07) is 5.27. The van der Waals surface area contributed by atoms with Gasteiger partial charge in [-0.05, 0) is 24.8 Å². The second-order valence-electron chi connectivity index (χ2n) is 5.13. The van der Waals surface area contributed by atoms with Crippen LogP contribution in [0.15, 0.2) is 23.2 Å². The predicted molar refractivity (Wildman–Crippen MR) is 60.1 cm³/mol. The van der Waals surface area contributed by atoms with Crippen molar-refractivity contribution in [2.45, 2.75) is 19.4 Å². The summed E-state index contributed by atoms with van der Waals surface area (Å²) in [7, 11) is 0. The lowest BCUT2D eigenvalue weighted by molar-refractivity contribution is 0.135. The third-order valence-electron chi connectivity index (χ3n) is 4.06. The van der Waals surface area contributed by atoms with E-state index in [9.17, 15) is 4.39 Å². The van der Waals surface area contributed by atoms with Gasteiger partial charge < -0.3 is 4.90 Å². The molecule has 2 bridgehead atoms. The number of rotatable bonds is 0. The highest BCUT2D eigenvalue weighted by atomic mass is 19.1. The normalized spacial score (nSPS) is 30.1. The van der Waals surface area contributed by atoms with Crippen LogP contribution in [0.4, 0.5) is 10.1 Å². The van der Waals surface area contributed by atoms with Crippen LogP contribution in [-0.2, 0) is 6.54 Å². The Kier molecular flexibility index (Phi) is 1.55. The van der Waals surface area contributed by atoms with Crippen molar-refractivity contribution in [3.05, 3.63) is 29.6 Å². The summed E-state index contributed by atoms with van der Waals surface area (Å²) in [5.74, 6) is 2.43. The Bertz CT molecular complexity index is 489. The molecule has 0 aromatic heterocycles. The number of benzene rings is 1. The standard InChI is InChI=1S/C13H13FN2/c14-11-3-1-2-9-7-16-6-8-4-10(5-8)13(16)15-12(9)11/h1-3,8,10H,4-7H2. The minimum atomic E-state index is -0.175. The molecule has 0 N–H and O–H groups in total. The molecule has 1 aliphatic carbocycles. The maximum absolute atomic E-state index is 13.6. The number of hydrogen-bond donors (Lipinski definition) is 0. The highest BCUT2D eigenvalue weighted by molar-refractivity contribution is 5.90. The molecule has 0 spiro atoms. The fraction of sp³-hybridized carbons (Fsp3) is 0.462. The van der Waals surface area contributed by atoms with E-state index >= 15 is 0 Å². The molecule has 0 amide bonds. The van der Waals surface area contributed by atoms with E-state index in [-0.39, 0.29) is 5.82 Å². The molecule has 1 saturated carbocycles. The zero-order chi connectivity index (χ0) is 10.7. The second kappa shape index (κ2) is 2.84. The first kappa shape index (κ1) is 8.74. The molecule has 1 aromatic rings. The molecular weight excluding hydrogens is 203 g/mol. The maximum atomic E-state index is 13.6. The molecule has 82 valence electrons. The average Bonchev–Trinajstić information content (AvgIpc) is 2.25. The minimum Gasteiger partial charge on any atom is -0.355 e. The summed E-state index contributed by atoms with van der Waals surface area (Å²) in [5.41, 5.74) is 1.61. The topological polar surface area (TPSA) is 15.6 Å². The lowest BCUT2D eigenvalue weighted by atomic mass is 9.70. The fourth-order valence-electron chi connectivity index (χ4n) is 3.20. The van der Waals surface area contributed by atoms with Gasteiger partial charge in [-0.15, -0.1) is 0 Å². The largest absolute Gasteiger partial charge is 0.355 e. The van der Waals surface area contributed by atoms with Crippen molar-refractivity contribution in [1.82, 2.24) is 4.90 Å². The first-order valence-electron chi connectivity index (χ1n) is 5.92. The summed E-state index contributed by atoms with van der Waals surface area (Å²) in [6.45, 7) is 1.96. The number of amidine groups is 1. The quantitative estimate of drug-likeness (QED) is 0.651. The molecule has 2 nitrogen and oxygen atoms in total. The van der Waals surface area contributed by atoms with Gasteiger partial charge in [0, 0.05) is 24.6 Å². The van der Waals surface area contributed by atoms with Crippen molar-refractivity contribution in [2.24, 2.45) is 16.8 Å². The monoisotopic (exact) mass is 216 g/mol. The van der Waals surface area contributed by atoms with E-state index in [1.165, 1.54) is 18.9 Å². The van der Waals surface area contributed by atoms with Crippen molar-refractivity contribution in [1.29, 1.82) is 0 Å². The van der Waals surface area contributed by atoms with Gasteiger partial charge in [0.05, 0.1) is 0 Å². The van der Waals surface area contributed by atoms with Crippen molar-refractivity contribution in [2.75, 3.05) is 6.54 Å². The second-order valence-corrected chi connectivity index (χ2v) is 5.13. The fourth-order valence-corrected chi connectivity index (χ4v) is 3.20. The lowest BCUT2D eigenvalue weighted by Crippen LogP contribution is -2.53. The number of piperidine rings is 2. The zero-order valence-corrected chi connectivity index (χ0v) is 8.99. The molecule has 0 atom stereocenters. The number of halogens is 1. The molecular formula is C13H13FN2. The van der Waals surface area contributed by atoms with Gasteiger partial charge >= 0.3 is 0 Å². The van der Waals surface area contributed by atoms with E-state index in [1.54, 1.807) is 6.07 Å². The first-order valence-corrected chi connectivity index (χ1v) is 5.92. The molecule has 2 saturated heterocycles. The van der Waals surface area contributed by atoms with Gasteiger partial charge in [0.1, 0.15) is 17.3 Å². The van der Waals surface area contributed by atoms with Crippen molar-refractivity contribution in [3.63, 3.8) is 0 Å². The van der Waals surface area contributed by atoms with Crippen LogP contribution >= 0.6 is 0 Å². The third-order valence-corrected chi connectivity index (χ3v) is 4.06. The van der Waals surface area contributed by atoms with Crippen molar-refractivity contribution >= 4 is 11.5 Å². The molecule has 3 aliphatic heterocycles. The van der Waals surface area contributed by atoms with Crippen LogP contribution in [0.1, 0.15) is 18.4 Å². The van der Waals surface area contributed by atoms with Crippen LogP contribution in [0.2, 0.25) is 0 Å². The van der Waals surface area contributed by atoms with Crippen LogP contribution < -0.4 is 0 Å². The molecule has 3 fully saturated rings. The van der Waals surface area contributed by atoms with Gasteiger partial charge in [-0.3, -0.25) is 0 Å². The van der Waals surface area contributed by atoms with E-state index < -0.39 is 0 Å². The summed E-state index contributed by atoms with van der Waals surface area (Å²) >= 11 is 0. The van der Waals surface area contributed by atoms with Gasteiger partial charge in [0.2, 0.25) is 0 Å². The molecule has 0 unspecified atom stereocenters. The van der Waals surface area contributed by atoms with E-state index in [0.29, 0.717) is 11.6 Å². The Labute approximate surface area is 93.8 Å². The molecule has 16 heavy (non-hydrogen) atoms. The molecule has 0 radical (unpaired) electrons. The minimum absolute atomic E-state index is 0.175. The smallest absolute Gasteiger partial charge is 0.149 e. The van der Waals surface area contributed by atoms with Crippen LogP contribution in [0, 0.1) is 17.7 Å². The zero-order valence-electron chi connectivity index (χ0n) is 8.99. The van der Waals surface area contributed by atoms with Crippen LogP contribution in [-0.4, -0.2) is 17.3 Å². The van der Waals surface area contributed by atoms with E-state index in [1.807, 2.05) is 6.07 Å². The number of para-hydroxylation sites is 1. The van der Waals surface area contributed by atoms with Crippen LogP contribution in [0.25, 0.3) is 0 Å². The first-order chi connectivity index (χ1) is 7.81. The molecule has 1 aromatic carbocycles. The Morgan fingerprint density at radius 2 is 2.19 bits per heavy atom. The van der Waals surface area contributed by atoms with Crippen LogP contribution in [0.5, 0.6) is 0 Å². The molecule has 5 rings (SSSR count). The van der Waals surface area contributed by atoms with Crippen molar-refractivity contribution in [3.8, 4) is 0 Å². The van der Waals surface area contributed by atoms with Gasteiger partial charge in [0.25, 0.3) is 0 Å². The van der Waals surface area contributed by atoms with E-state index in [2.05, 4.69) is 9.89 Å². The Hall–Kier alpha value is -1.38.